The van der Waals surface area contributed by atoms with Crippen LogP contribution in [0.5, 0.6) is 5.75 Å². The standard InChI is InChI=1S/C18H21N5O2/c1-25-16-5-4-13(9-14(16)10-19)11-22-15-3-2-8-23(12-15)17-18(24)21-7-6-20-17/h4-7,9,15,22H,2-3,8,11-12H2,1H3,(H,21,24). The van der Waals surface area contributed by atoms with Crippen molar-refractivity contribution in [3.05, 3.63) is 52.1 Å². The zero-order valence-corrected chi connectivity index (χ0v) is 14.2. The summed E-state index contributed by atoms with van der Waals surface area (Å²) < 4.78 is 5.17. The predicted octanol–water partition coefficient (Wildman–Crippen LogP) is 1.41. The molecule has 7 nitrogen and oxygen atoms in total. The second-order valence-electron chi connectivity index (χ2n) is 6.05. The molecule has 3 rings (SSSR count). The molecule has 0 radical (unpaired) electrons. The van der Waals surface area contributed by atoms with Gasteiger partial charge < -0.3 is 19.9 Å². The van der Waals surface area contributed by atoms with E-state index in [1.54, 1.807) is 19.5 Å². The second kappa shape index (κ2) is 7.81. The molecule has 0 saturated carbocycles. The minimum Gasteiger partial charge on any atom is -0.495 e. The number of aromatic amines is 1. The molecule has 0 spiro atoms. The maximum absolute atomic E-state index is 11.9. The van der Waals surface area contributed by atoms with E-state index in [1.807, 2.05) is 23.1 Å². The lowest BCUT2D eigenvalue weighted by Gasteiger charge is -2.33. The van der Waals surface area contributed by atoms with Crippen LogP contribution in [0.4, 0.5) is 5.82 Å². The van der Waals surface area contributed by atoms with Crippen LogP contribution in [0.3, 0.4) is 0 Å². The molecule has 2 heterocycles. The first-order chi connectivity index (χ1) is 12.2. The van der Waals surface area contributed by atoms with Crippen molar-refractivity contribution in [2.75, 3.05) is 25.1 Å². The van der Waals surface area contributed by atoms with Crippen LogP contribution in [0.2, 0.25) is 0 Å². The third-order valence-corrected chi connectivity index (χ3v) is 4.39. The van der Waals surface area contributed by atoms with Gasteiger partial charge in [0.25, 0.3) is 5.56 Å². The van der Waals surface area contributed by atoms with Crippen molar-refractivity contribution in [1.29, 1.82) is 5.26 Å². The van der Waals surface area contributed by atoms with E-state index < -0.39 is 0 Å². The summed E-state index contributed by atoms with van der Waals surface area (Å²) in [5.74, 6) is 1.06. The normalized spacial score (nSPS) is 17.1. The molecule has 1 aliphatic heterocycles. The van der Waals surface area contributed by atoms with Crippen LogP contribution in [0.25, 0.3) is 0 Å². The topological polar surface area (TPSA) is 94.0 Å². The van der Waals surface area contributed by atoms with Gasteiger partial charge >= 0.3 is 0 Å². The lowest BCUT2D eigenvalue weighted by molar-refractivity contribution is 0.411. The van der Waals surface area contributed by atoms with Crippen LogP contribution < -0.4 is 20.5 Å². The fraction of sp³-hybridized carbons (Fsp3) is 0.389. The summed E-state index contributed by atoms with van der Waals surface area (Å²) in [6, 6.07) is 8.03. The Morgan fingerprint density at radius 2 is 2.40 bits per heavy atom. The highest BCUT2D eigenvalue weighted by Crippen LogP contribution is 2.19. The quantitative estimate of drug-likeness (QED) is 0.855. The van der Waals surface area contributed by atoms with Gasteiger partial charge in [0.1, 0.15) is 11.8 Å². The molecule has 1 aliphatic rings. The zero-order valence-electron chi connectivity index (χ0n) is 14.2. The Hall–Kier alpha value is -2.85. The van der Waals surface area contributed by atoms with Gasteiger partial charge in [-0.15, -0.1) is 0 Å². The number of benzene rings is 1. The maximum atomic E-state index is 11.9. The molecule has 7 heteroatoms. The fourth-order valence-corrected chi connectivity index (χ4v) is 3.12. The molecular formula is C18H21N5O2. The lowest BCUT2D eigenvalue weighted by Crippen LogP contribution is -2.47. The van der Waals surface area contributed by atoms with Gasteiger partial charge in [-0.05, 0) is 30.5 Å². The molecule has 1 aromatic heterocycles. The molecule has 0 aliphatic carbocycles. The summed E-state index contributed by atoms with van der Waals surface area (Å²) in [6.45, 7) is 2.23. The number of hydrogen-bond donors (Lipinski definition) is 2. The van der Waals surface area contributed by atoms with Gasteiger partial charge in [0.2, 0.25) is 0 Å². The smallest absolute Gasteiger partial charge is 0.290 e. The number of nitrogens with zero attached hydrogens (tertiary/aromatic N) is 3. The summed E-state index contributed by atoms with van der Waals surface area (Å²) in [6.07, 6.45) is 5.19. The molecule has 0 bridgehead atoms. The van der Waals surface area contributed by atoms with Crippen molar-refractivity contribution >= 4 is 5.82 Å². The number of ether oxygens (including phenoxy) is 1. The van der Waals surface area contributed by atoms with E-state index >= 15 is 0 Å². The zero-order chi connectivity index (χ0) is 17.6. The van der Waals surface area contributed by atoms with Gasteiger partial charge in [0.05, 0.1) is 12.7 Å². The third kappa shape index (κ3) is 3.98. The molecule has 1 fully saturated rings. The number of methoxy groups -OCH3 is 1. The van der Waals surface area contributed by atoms with Crippen LogP contribution in [-0.2, 0) is 6.54 Å². The predicted molar refractivity (Wildman–Crippen MR) is 94.6 cm³/mol. The van der Waals surface area contributed by atoms with Crippen LogP contribution in [0, 0.1) is 11.3 Å². The van der Waals surface area contributed by atoms with Gasteiger partial charge in [-0.25, -0.2) is 4.98 Å². The Labute approximate surface area is 146 Å². The Kier molecular flexibility index (Phi) is 5.31. The highest BCUT2D eigenvalue weighted by molar-refractivity contribution is 5.45. The second-order valence-corrected chi connectivity index (χ2v) is 6.05. The number of H-pyrrole nitrogens is 1. The van der Waals surface area contributed by atoms with E-state index in [2.05, 4.69) is 21.4 Å². The van der Waals surface area contributed by atoms with E-state index in [0.717, 1.165) is 31.5 Å². The first-order valence-corrected chi connectivity index (χ1v) is 8.30. The van der Waals surface area contributed by atoms with Crippen molar-refractivity contribution in [2.45, 2.75) is 25.4 Å². The summed E-state index contributed by atoms with van der Waals surface area (Å²) >= 11 is 0. The number of rotatable bonds is 5. The average Bonchev–Trinajstić information content (AvgIpc) is 2.66. The summed E-state index contributed by atoms with van der Waals surface area (Å²) in [5.41, 5.74) is 1.41. The van der Waals surface area contributed by atoms with Crippen molar-refractivity contribution in [3.8, 4) is 11.8 Å². The Morgan fingerprint density at radius 3 is 3.16 bits per heavy atom. The SMILES string of the molecule is COc1ccc(CNC2CCCN(c3ncc[nH]c3=O)C2)cc1C#N. The van der Waals surface area contributed by atoms with Gasteiger partial charge in [0, 0.05) is 38.1 Å². The van der Waals surface area contributed by atoms with Gasteiger partial charge in [-0.1, -0.05) is 6.07 Å². The van der Waals surface area contributed by atoms with E-state index in [0.29, 0.717) is 23.7 Å². The first kappa shape index (κ1) is 17.0. The van der Waals surface area contributed by atoms with Gasteiger partial charge in [0.15, 0.2) is 5.82 Å². The largest absolute Gasteiger partial charge is 0.495 e. The first-order valence-electron chi connectivity index (χ1n) is 8.30. The van der Waals surface area contributed by atoms with Crippen molar-refractivity contribution in [1.82, 2.24) is 15.3 Å². The molecule has 0 amide bonds. The average molecular weight is 339 g/mol. The monoisotopic (exact) mass is 339 g/mol. The summed E-state index contributed by atoms with van der Waals surface area (Å²) in [5, 5.41) is 12.7. The molecule has 2 N–H and O–H groups in total. The molecule has 1 saturated heterocycles. The Bertz CT molecular complexity index is 827. The third-order valence-electron chi connectivity index (χ3n) is 4.39. The molecule has 1 aromatic carbocycles. The van der Waals surface area contributed by atoms with Crippen LogP contribution in [-0.4, -0.2) is 36.2 Å². The Morgan fingerprint density at radius 1 is 1.52 bits per heavy atom. The molecule has 130 valence electrons. The number of hydrogen-bond acceptors (Lipinski definition) is 6. The number of piperidine rings is 1. The van der Waals surface area contributed by atoms with Gasteiger partial charge in [-0.3, -0.25) is 4.79 Å². The van der Waals surface area contributed by atoms with E-state index in [-0.39, 0.29) is 11.6 Å². The fourth-order valence-electron chi connectivity index (χ4n) is 3.12. The molecular weight excluding hydrogens is 318 g/mol. The van der Waals surface area contributed by atoms with Crippen molar-refractivity contribution in [3.63, 3.8) is 0 Å². The number of aromatic nitrogens is 2. The lowest BCUT2D eigenvalue weighted by atomic mass is 10.0. The minimum absolute atomic E-state index is 0.156. The minimum atomic E-state index is -0.156. The Balaban J connectivity index is 1.63. The highest BCUT2D eigenvalue weighted by Gasteiger charge is 2.22. The number of nitriles is 1. The van der Waals surface area contributed by atoms with E-state index in [9.17, 15) is 10.1 Å². The van der Waals surface area contributed by atoms with Crippen LogP contribution in [0.1, 0.15) is 24.0 Å². The molecule has 2 aromatic rings. The number of anilines is 1. The van der Waals surface area contributed by atoms with E-state index in [1.165, 1.54) is 0 Å². The van der Waals surface area contributed by atoms with Crippen LogP contribution >= 0.6 is 0 Å². The molecule has 1 atom stereocenters. The van der Waals surface area contributed by atoms with Crippen LogP contribution in [0.15, 0.2) is 35.4 Å². The number of nitrogens with one attached hydrogen (secondary N) is 2. The van der Waals surface area contributed by atoms with Crippen molar-refractivity contribution < 1.29 is 4.74 Å². The van der Waals surface area contributed by atoms with E-state index in [4.69, 9.17) is 4.74 Å². The van der Waals surface area contributed by atoms with Crippen molar-refractivity contribution in [2.24, 2.45) is 0 Å². The highest BCUT2D eigenvalue weighted by atomic mass is 16.5. The molecule has 25 heavy (non-hydrogen) atoms. The van der Waals surface area contributed by atoms with Gasteiger partial charge in [-0.2, -0.15) is 5.26 Å². The summed E-state index contributed by atoms with van der Waals surface area (Å²) in [4.78, 5) is 20.8. The summed E-state index contributed by atoms with van der Waals surface area (Å²) in [7, 11) is 1.56. The molecule has 1 unspecified atom stereocenters. The maximum Gasteiger partial charge on any atom is 0.290 e.